The zero-order chi connectivity index (χ0) is 22.7. The maximum atomic E-state index is 13.5. The lowest BCUT2D eigenvalue weighted by molar-refractivity contribution is -0.113. The number of halogens is 3. The Bertz CT molecular complexity index is 1210. The Labute approximate surface area is 209 Å². The lowest BCUT2D eigenvalue weighted by Gasteiger charge is -2.15. The molecule has 0 aliphatic carbocycles. The summed E-state index contributed by atoms with van der Waals surface area (Å²) >= 11 is 16.9. The van der Waals surface area contributed by atoms with Crippen molar-refractivity contribution in [2.45, 2.75) is 6.92 Å². The highest BCUT2D eigenvalue weighted by atomic mass is 79.9. The van der Waals surface area contributed by atoms with Crippen molar-refractivity contribution in [1.29, 1.82) is 0 Å². The average Bonchev–Trinajstić information content (AvgIpc) is 3.07. The number of amidine groups is 1. The van der Waals surface area contributed by atoms with Gasteiger partial charge in [-0.25, -0.2) is 4.99 Å². The molecule has 3 aromatic rings. The summed E-state index contributed by atoms with van der Waals surface area (Å²) in [5.41, 5.74) is 2.19. The van der Waals surface area contributed by atoms with Gasteiger partial charge in [0.1, 0.15) is 5.75 Å². The maximum Gasteiger partial charge on any atom is 0.271 e. The molecule has 0 atom stereocenters. The number of ether oxygens (including phenoxy) is 1. The van der Waals surface area contributed by atoms with Crippen LogP contribution >= 0.6 is 50.9 Å². The number of hydrogen-bond donors (Lipinski definition) is 0. The molecule has 1 aliphatic rings. The largest absolute Gasteiger partial charge is 0.493 e. The molecule has 1 heterocycles. The molecule has 8 heteroatoms. The van der Waals surface area contributed by atoms with Gasteiger partial charge >= 0.3 is 0 Å². The number of rotatable bonds is 5. The van der Waals surface area contributed by atoms with Gasteiger partial charge < -0.3 is 4.74 Å². The van der Waals surface area contributed by atoms with Crippen LogP contribution in [0.1, 0.15) is 12.5 Å². The van der Waals surface area contributed by atoms with E-state index in [1.54, 1.807) is 41.3 Å². The Morgan fingerprint density at radius 3 is 2.34 bits per heavy atom. The minimum Gasteiger partial charge on any atom is -0.493 e. The number of anilines is 1. The molecule has 1 saturated heterocycles. The van der Waals surface area contributed by atoms with Crippen LogP contribution < -0.4 is 9.64 Å². The van der Waals surface area contributed by atoms with E-state index in [9.17, 15) is 4.79 Å². The molecule has 0 saturated carbocycles. The third-order valence-corrected chi connectivity index (χ3v) is 6.47. The van der Waals surface area contributed by atoms with Crippen molar-refractivity contribution in [3.63, 3.8) is 0 Å². The summed E-state index contributed by atoms with van der Waals surface area (Å²) in [4.78, 5) is 20.3. The predicted octanol–water partition coefficient (Wildman–Crippen LogP) is 7.96. The fourth-order valence-corrected chi connectivity index (χ4v) is 4.68. The van der Waals surface area contributed by atoms with Gasteiger partial charge in [0.25, 0.3) is 5.91 Å². The lowest BCUT2D eigenvalue weighted by atomic mass is 10.2. The number of hydrogen-bond acceptors (Lipinski definition) is 4. The summed E-state index contributed by atoms with van der Waals surface area (Å²) in [7, 11) is 0. The fraction of sp³-hybridized carbons (Fsp3) is 0.0833. The fourth-order valence-electron chi connectivity index (χ4n) is 3.05. The van der Waals surface area contributed by atoms with E-state index < -0.39 is 0 Å². The van der Waals surface area contributed by atoms with E-state index in [-0.39, 0.29) is 5.91 Å². The van der Waals surface area contributed by atoms with Crippen LogP contribution in [0.2, 0.25) is 10.0 Å². The van der Waals surface area contributed by atoms with Crippen molar-refractivity contribution in [2.24, 2.45) is 4.99 Å². The summed E-state index contributed by atoms with van der Waals surface area (Å²) in [5, 5.41) is 1.76. The first-order chi connectivity index (χ1) is 15.4. The normalized spacial score (nSPS) is 16.2. The molecule has 0 spiro atoms. The number of aliphatic imine (C=N–C) groups is 1. The molecule has 1 amide bonds. The van der Waals surface area contributed by atoms with Gasteiger partial charge in [0.15, 0.2) is 5.17 Å². The summed E-state index contributed by atoms with van der Waals surface area (Å²) in [6, 6.07) is 19.9. The van der Waals surface area contributed by atoms with Gasteiger partial charge in [-0.1, -0.05) is 39.1 Å². The molecule has 4 nitrogen and oxygen atoms in total. The van der Waals surface area contributed by atoms with Crippen LogP contribution in [0.3, 0.4) is 0 Å². The lowest BCUT2D eigenvalue weighted by Crippen LogP contribution is -2.28. The zero-order valence-corrected chi connectivity index (χ0v) is 20.8. The second kappa shape index (κ2) is 10.1. The maximum absolute atomic E-state index is 13.5. The van der Waals surface area contributed by atoms with Crippen LogP contribution in [0.4, 0.5) is 11.4 Å². The average molecular weight is 548 g/mol. The third-order valence-electron chi connectivity index (χ3n) is 4.50. The molecule has 0 aromatic heterocycles. The van der Waals surface area contributed by atoms with Crippen molar-refractivity contribution < 1.29 is 9.53 Å². The van der Waals surface area contributed by atoms with Crippen LogP contribution in [0.25, 0.3) is 6.08 Å². The van der Waals surface area contributed by atoms with E-state index in [4.69, 9.17) is 32.9 Å². The molecule has 0 bridgehead atoms. The van der Waals surface area contributed by atoms with E-state index in [2.05, 4.69) is 15.9 Å². The van der Waals surface area contributed by atoms with Gasteiger partial charge in [0.2, 0.25) is 0 Å². The van der Waals surface area contributed by atoms with Crippen LogP contribution in [-0.4, -0.2) is 17.7 Å². The summed E-state index contributed by atoms with van der Waals surface area (Å²) < 4.78 is 6.64. The van der Waals surface area contributed by atoms with Crippen molar-refractivity contribution in [3.05, 3.63) is 91.7 Å². The number of benzene rings is 3. The Kier molecular flexibility index (Phi) is 7.26. The first kappa shape index (κ1) is 22.9. The molecular formula is C24H17BrCl2N2O2S. The molecule has 162 valence electrons. The van der Waals surface area contributed by atoms with E-state index >= 15 is 0 Å². The summed E-state index contributed by atoms with van der Waals surface area (Å²) in [6.07, 6.45) is 1.83. The highest BCUT2D eigenvalue weighted by Crippen LogP contribution is 2.39. The monoisotopic (exact) mass is 546 g/mol. The Morgan fingerprint density at radius 2 is 1.69 bits per heavy atom. The molecule has 32 heavy (non-hydrogen) atoms. The van der Waals surface area contributed by atoms with Crippen LogP contribution in [0.15, 0.2) is 81.1 Å². The minimum absolute atomic E-state index is 0.174. The molecule has 0 unspecified atom stereocenters. The Hall–Kier alpha value is -2.25. The van der Waals surface area contributed by atoms with E-state index in [0.29, 0.717) is 43.8 Å². The predicted molar refractivity (Wildman–Crippen MR) is 138 cm³/mol. The van der Waals surface area contributed by atoms with Gasteiger partial charge in [0.05, 0.1) is 22.9 Å². The number of amides is 1. The van der Waals surface area contributed by atoms with Crippen LogP contribution in [0.5, 0.6) is 5.75 Å². The van der Waals surface area contributed by atoms with Crippen molar-refractivity contribution in [2.75, 3.05) is 11.5 Å². The third kappa shape index (κ3) is 5.21. The smallest absolute Gasteiger partial charge is 0.271 e. The topological polar surface area (TPSA) is 41.9 Å². The van der Waals surface area contributed by atoms with Gasteiger partial charge in [0, 0.05) is 20.1 Å². The SMILES string of the molecule is CCOc1ccc(Br)cc1/C=C1\SC(=Nc2ccc(Cl)cc2)N(c2ccc(Cl)cc2)C1=O. The second-order valence-electron chi connectivity index (χ2n) is 6.71. The second-order valence-corrected chi connectivity index (χ2v) is 9.51. The van der Waals surface area contributed by atoms with Crippen molar-refractivity contribution >= 4 is 79.4 Å². The number of nitrogens with zero attached hydrogens (tertiary/aromatic N) is 2. The summed E-state index contributed by atoms with van der Waals surface area (Å²) in [5.74, 6) is 0.533. The van der Waals surface area contributed by atoms with Gasteiger partial charge in [-0.3, -0.25) is 9.69 Å². The van der Waals surface area contributed by atoms with Gasteiger partial charge in [-0.15, -0.1) is 0 Å². The quantitative estimate of drug-likeness (QED) is 0.304. The van der Waals surface area contributed by atoms with Gasteiger partial charge in [-0.05, 0) is 91.5 Å². The molecule has 4 rings (SSSR count). The molecule has 1 fully saturated rings. The summed E-state index contributed by atoms with van der Waals surface area (Å²) in [6.45, 7) is 2.45. The van der Waals surface area contributed by atoms with Crippen molar-refractivity contribution in [1.82, 2.24) is 0 Å². The molecular weight excluding hydrogens is 531 g/mol. The Morgan fingerprint density at radius 1 is 1.03 bits per heavy atom. The minimum atomic E-state index is -0.174. The highest BCUT2D eigenvalue weighted by Gasteiger charge is 2.35. The molecule has 0 N–H and O–H groups in total. The Balaban J connectivity index is 1.79. The zero-order valence-electron chi connectivity index (χ0n) is 16.9. The van der Waals surface area contributed by atoms with Crippen LogP contribution in [0, 0.1) is 0 Å². The van der Waals surface area contributed by atoms with Gasteiger partial charge in [-0.2, -0.15) is 0 Å². The van der Waals surface area contributed by atoms with Crippen LogP contribution in [-0.2, 0) is 4.79 Å². The number of carbonyl (C=O) groups excluding carboxylic acids is 1. The first-order valence-electron chi connectivity index (χ1n) is 9.71. The molecule has 1 aliphatic heterocycles. The standard InChI is InChI=1S/C24H17BrCl2N2O2S/c1-2-31-21-12-3-16(25)13-15(21)14-22-23(30)29(20-10-6-18(27)7-11-20)24(32-22)28-19-8-4-17(26)5-9-19/h3-14H,2H2,1H3/b22-14-,28-24?. The molecule has 0 radical (unpaired) electrons. The van der Waals surface area contributed by atoms with E-state index in [1.165, 1.54) is 11.8 Å². The number of thioether (sulfide) groups is 1. The van der Waals surface area contributed by atoms with E-state index in [0.717, 1.165) is 10.0 Å². The number of carbonyl (C=O) groups is 1. The first-order valence-corrected chi connectivity index (χ1v) is 12.1. The van der Waals surface area contributed by atoms with Crippen molar-refractivity contribution in [3.8, 4) is 5.75 Å². The highest BCUT2D eigenvalue weighted by molar-refractivity contribution is 9.10. The molecule has 3 aromatic carbocycles. The van der Waals surface area contributed by atoms with E-state index in [1.807, 2.05) is 43.3 Å².